The lowest BCUT2D eigenvalue weighted by Crippen LogP contribution is -2.43. The minimum Gasteiger partial charge on any atom is -0.349 e. The number of aryl methyl sites for hydroxylation is 3. The Morgan fingerprint density at radius 2 is 1.61 bits per heavy atom. The lowest BCUT2D eigenvalue weighted by Gasteiger charge is -2.32. The summed E-state index contributed by atoms with van der Waals surface area (Å²) in [5, 5.41) is 3.10. The molecule has 1 amide bonds. The molecule has 0 unspecified atom stereocenters. The Balaban J connectivity index is 1.62. The van der Waals surface area contributed by atoms with Crippen LogP contribution in [0.2, 0.25) is 0 Å². The van der Waals surface area contributed by atoms with Crippen LogP contribution >= 0.6 is 11.8 Å². The van der Waals surface area contributed by atoms with Gasteiger partial charge in [0.05, 0.1) is 10.9 Å². The van der Waals surface area contributed by atoms with E-state index in [4.69, 9.17) is 0 Å². The van der Waals surface area contributed by atoms with Crippen LogP contribution in [-0.2, 0) is 14.8 Å². The van der Waals surface area contributed by atoms with Crippen LogP contribution in [0.15, 0.2) is 46.2 Å². The third-order valence-corrected chi connectivity index (χ3v) is 8.95. The van der Waals surface area contributed by atoms with E-state index in [0.29, 0.717) is 30.8 Å². The second-order valence-electron chi connectivity index (χ2n) is 8.41. The van der Waals surface area contributed by atoms with Crippen LogP contribution in [0.25, 0.3) is 0 Å². The smallest absolute Gasteiger partial charge is 0.243 e. The quantitative estimate of drug-likeness (QED) is 0.639. The van der Waals surface area contributed by atoms with Gasteiger partial charge in [0.25, 0.3) is 0 Å². The van der Waals surface area contributed by atoms with Crippen molar-refractivity contribution < 1.29 is 13.2 Å². The number of sulfonamides is 1. The summed E-state index contributed by atoms with van der Waals surface area (Å²) in [6, 6.07) is 11.9. The Morgan fingerprint density at radius 3 is 2.13 bits per heavy atom. The van der Waals surface area contributed by atoms with Gasteiger partial charge in [-0.15, -0.1) is 11.8 Å². The number of piperidine rings is 1. The minimum absolute atomic E-state index is 0.00110. The Kier molecular flexibility index (Phi) is 7.50. The van der Waals surface area contributed by atoms with Gasteiger partial charge in [0.15, 0.2) is 0 Å². The molecule has 0 bridgehead atoms. The normalized spacial score (nSPS) is 16.8. The van der Waals surface area contributed by atoms with Crippen molar-refractivity contribution in [3.05, 3.63) is 58.7 Å². The number of nitrogens with one attached hydrogen (secondary N) is 1. The highest BCUT2D eigenvalue weighted by Crippen LogP contribution is 2.29. The second kappa shape index (κ2) is 9.76. The van der Waals surface area contributed by atoms with Gasteiger partial charge in [0.2, 0.25) is 15.9 Å². The van der Waals surface area contributed by atoms with E-state index < -0.39 is 10.0 Å². The first kappa shape index (κ1) is 23.8. The first-order chi connectivity index (χ1) is 14.6. The van der Waals surface area contributed by atoms with E-state index in [0.717, 1.165) is 22.3 Å². The van der Waals surface area contributed by atoms with E-state index in [1.165, 1.54) is 9.20 Å². The number of nitrogens with zero attached hydrogens (tertiary/aromatic N) is 1. The lowest BCUT2D eigenvalue weighted by atomic mass is 9.96. The zero-order chi connectivity index (χ0) is 22.8. The number of amides is 1. The standard InChI is InChI=1S/C24H32N2O3S2/c1-16-14-17(2)23(18(3)15-16)31(28,29)26-12-10-21(11-13-26)24(27)25-19(4)20-6-8-22(30-5)9-7-20/h6-9,14-15,19,21H,10-13H2,1-5H3,(H,25,27)/t19-/m1/s1. The number of carbonyl (C=O) groups is 1. The molecule has 1 aliphatic rings. The molecule has 0 radical (unpaired) electrons. The monoisotopic (exact) mass is 460 g/mol. The molecule has 0 spiro atoms. The molecule has 1 fully saturated rings. The van der Waals surface area contributed by atoms with Gasteiger partial charge in [-0.2, -0.15) is 4.31 Å². The fourth-order valence-electron chi connectivity index (χ4n) is 4.37. The summed E-state index contributed by atoms with van der Waals surface area (Å²) in [4.78, 5) is 14.4. The van der Waals surface area contributed by atoms with Crippen molar-refractivity contribution in [2.45, 2.75) is 56.4 Å². The van der Waals surface area contributed by atoms with E-state index >= 15 is 0 Å². The van der Waals surface area contributed by atoms with Crippen molar-refractivity contribution in [2.24, 2.45) is 5.92 Å². The molecule has 3 rings (SSSR count). The molecular formula is C24H32N2O3S2. The first-order valence-electron chi connectivity index (χ1n) is 10.7. The molecule has 0 saturated carbocycles. The van der Waals surface area contributed by atoms with Gasteiger partial charge in [-0.25, -0.2) is 8.42 Å². The molecule has 31 heavy (non-hydrogen) atoms. The Labute approximate surface area is 190 Å². The molecule has 0 aromatic heterocycles. The summed E-state index contributed by atoms with van der Waals surface area (Å²) in [5.41, 5.74) is 3.68. The SMILES string of the molecule is CSc1ccc([C@@H](C)NC(=O)C2CCN(S(=O)(=O)c3c(C)cc(C)cc3C)CC2)cc1. The fraction of sp³-hybridized carbons (Fsp3) is 0.458. The topological polar surface area (TPSA) is 66.5 Å². The summed E-state index contributed by atoms with van der Waals surface area (Å²) in [6.45, 7) is 8.38. The zero-order valence-electron chi connectivity index (χ0n) is 18.9. The van der Waals surface area contributed by atoms with Crippen molar-refractivity contribution in [1.82, 2.24) is 9.62 Å². The van der Waals surface area contributed by atoms with Gasteiger partial charge in [0, 0.05) is 23.9 Å². The van der Waals surface area contributed by atoms with E-state index in [9.17, 15) is 13.2 Å². The molecule has 1 N–H and O–H groups in total. The van der Waals surface area contributed by atoms with Gasteiger partial charge in [-0.3, -0.25) is 4.79 Å². The first-order valence-corrected chi connectivity index (χ1v) is 13.3. The van der Waals surface area contributed by atoms with Crippen molar-refractivity contribution in [1.29, 1.82) is 0 Å². The molecule has 0 aliphatic carbocycles. The maximum Gasteiger partial charge on any atom is 0.243 e. The summed E-state index contributed by atoms with van der Waals surface area (Å²) < 4.78 is 28.0. The van der Waals surface area contributed by atoms with E-state index in [1.54, 1.807) is 11.8 Å². The average molecular weight is 461 g/mol. The van der Waals surface area contributed by atoms with E-state index in [-0.39, 0.29) is 17.9 Å². The van der Waals surface area contributed by atoms with Crippen LogP contribution < -0.4 is 5.32 Å². The fourth-order valence-corrected chi connectivity index (χ4v) is 6.66. The second-order valence-corrected chi connectivity index (χ2v) is 11.2. The Bertz CT molecular complexity index is 1020. The molecule has 2 aromatic rings. The summed E-state index contributed by atoms with van der Waals surface area (Å²) in [5.74, 6) is -0.166. The molecule has 2 aromatic carbocycles. The zero-order valence-corrected chi connectivity index (χ0v) is 20.6. The number of hydrogen-bond acceptors (Lipinski definition) is 4. The highest BCUT2D eigenvalue weighted by atomic mass is 32.2. The van der Waals surface area contributed by atoms with Gasteiger partial charge in [-0.1, -0.05) is 29.8 Å². The number of benzene rings is 2. The molecule has 1 atom stereocenters. The average Bonchev–Trinajstić information content (AvgIpc) is 2.72. The third kappa shape index (κ3) is 5.33. The van der Waals surface area contributed by atoms with Crippen LogP contribution in [0.1, 0.15) is 48.1 Å². The number of carbonyl (C=O) groups excluding carboxylic acids is 1. The predicted molar refractivity (Wildman–Crippen MR) is 127 cm³/mol. The molecular weight excluding hydrogens is 428 g/mol. The van der Waals surface area contributed by atoms with Crippen LogP contribution in [0.4, 0.5) is 0 Å². The van der Waals surface area contributed by atoms with Crippen molar-refractivity contribution in [3.63, 3.8) is 0 Å². The highest BCUT2D eigenvalue weighted by molar-refractivity contribution is 7.98. The van der Waals surface area contributed by atoms with Gasteiger partial charge < -0.3 is 5.32 Å². The highest BCUT2D eigenvalue weighted by Gasteiger charge is 2.34. The molecule has 5 nitrogen and oxygen atoms in total. The maximum absolute atomic E-state index is 13.3. The van der Waals surface area contributed by atoms with Crippen molar-refractivity contribution in [3.8, 4) is 0 Å². The van der Waals surface area contributed by atoms with Crippen LogP contribution in [0, 0.1) is 26.7 Å². The maximum atomic E-state index is 13.3. The number of hydrogen-bond donors (Lipinski definition) is 1. The third-order valence-electron chi connectivity index (χ3n) is 6.00. The molecule has 168 valence electrons. The van der Waals surface area contributed by atoms with Crippen molar-refractivity contribution >= 4 is 27.7 Å². The molecule has 1 heterocycles. The van der Waals surface area contributed by atoms with Gasteiger partial charge in [-0.05, 0) is 75.6 Å². The molecule has 7 heteroatoms. The van der Waals surface area contributed by atoms with Crippen LogP contribution in [0.3, 0.4) is 0 Å². The van der Waals surface area contributed by atoms with E-state index in [1.807, 2.05) is 58.2 Å². The number of rotatable bonds is 6. The minimum atomic E-state index is -3.56. The number of thioether (sulfide) groups is 1. The van der Waals surface area contributed by atoms with Crippen LogP contribution in [0.5, 0.6) is 0 Å². The summed E-state index contributed by atoms with van der Waals surface area (Å²) in [7, 11) is -3.56. The van der Waals surface area contributed by atoms with Gasteiger partial charge in [0.1, 0.15) is 0 Å². The summed E-state index contributed by atoms with van der Waals surface area (Å²) in [6.07, 6.45) is 3.11. The summed E-state index contributed by atoms with van der Waals surface area (Å²) >= 11 is 1.69. The van der Waals surface area contributed by atoms with Gasteiger partial charge >= 0.3 is 0 Å². The molecule has 1 saturated heterocycles. The van der Waals surface area contributed by atoms with E-state index in [2.05, 4.69) is 17.4 Å². The largest absolute Gasteiger partial charge is 0.349 e. The molecule has 1 aliphatic heterocycles. The predicted octanol–water partition coefficient (Wildman–Crippen LogP) is 4.61. The lowest BCUT2D eigenvalue weighted by molar-refractivity contribution is -0.126. The van der Waals surface area contributed by atoms with Crippen LogP contribution in [-0.4, -0.2) is 38.0 Å². The van der Waals surface area contributed by atoms with Crippen molar-refractivity contribution in [2.75, 3.05) is 19.3 Å². The Hall–Kier alpha value is -1.83. The Morgan fingerprint density at radius 1 is 1.06 bits per heavy atom.